The first kappa shape index (κ1) is 21.6. The van der Waals surface area contributed by atoms with Crippen molar-refractivity contribution < 1.29 is 9.59 Å². The first-order valence-corrected chi connectivity index (χ1v) is 11.2. The number of nitrogens with zero attached hydrogens (tertiary/aromatic N) is 3. The summed E-state index contributed by atoms with van der Waals surface area (Å²) in [6.45, 7) is 11.0. The van der Waals surface area contributed by atoms with Gasteiger partial charge in [-0.1, -0.05) is 6.07 Å². The maximum atomic E-state index is 12.3. The van der Waals surface area contributed by atoms with E-state index >= 15 is 0 Å². The van der Waals surface area contributed by atoms with Crippen molar-refractivity contribution in [2.24, 2.45) is 5.92 Å². The van der Waals surface area contributed by atoms with Crippen molar-refractivity contribution in [2.75, 3.05) is 56.0 Å². The molecule has 6 heteroatoms. The molecule has 1 saturated heterocycles. The van der Waals surface area contributed by atoms with Crippen LogP contribution < -0.4 is 10.2 Å². The van der Waals surface area contributed by atoms with Crippen molar-refractivity contribution in [3.63, 3.8) is 0 Å². The summed E-state index contributed by atoms with van der Waals surface area (Å²) in [5, 5.41) is 2.99. The van der Waals surface area contributed by atoms with E-state index in [0.29, 0.717) is 19.3 Å². The second-order valence-corrected chi connectivity index (χ2v) is 8.25. The Hall–Kier alpha value is -2.08. The number of rotatable bonds is 10. The van der Waals surface area contributed by atoms with E-state index in [1.807, 2.05) is 30.9 Å². The highest BCUT2D eigenvalue weighted by molar-refractivity contribution is 5.91. The van der Waals surface area contributed by atoms with Gasteiger partial charge in [-0.3, -0.25) is 14.5 Å². The summed E-state index contributed by atoms with van der Waals surface area (Å²) in [5.41, 5.74) is 2.01. The number of amides is 2. The zero-order valence-electron chi connectivity index (χ0n) is 18.0. The van der Waals surface area contributed by atoms with E-state index in [-0.39, 0.29) is 11.8 Å². The summed E-state index contributed by atoms with van der Waals surface area (Å²) in [6, 6.07) is 8.13. The van der Waals surface area contributed by atoms with Crippen LogP contribution in [0.1, 0.15) is 46.0 Å². The summed E-state index contributed by atoms with van der Waals surface area (Å²) >= 11 is 0. The van der Waals surface area contributed by atoms with Crippen molar-refractivity contribution in [2.45, 2.75) is 46.0 Å². The average molecular weight is 401 g/mol. The van der Waals surface area contributed by atoms with E-state index in [2.05, 4.69) is 27.2 Å². The number of nitrogens with one attached hydrogen (secondary N) is 1. The van der Waals surface area contributed by atoms with E-state index in [1.54, 1.807) is 0 Å². The van der Waals surface area contributed by atoms with Crippen molar-refractivity contribution in [3.8, 4) is 0 Å². The largest absolute Gasteiger partial charge is 0.369 e. The third kappa shape index (κ3) is 6.74. The van der Waals surface area contributed by atoms with E-state index in [1.165, 1.54) is 25.1 Å². The van der Waals surface area contributed by atoms with Gasteiger partial charge in [0.1, 0.15) is 0 Å². The van der Waals surface area contributed by atoms with Gasteiger partial charge in [-0.2, -0.15) is 0 Å². The monoisotopic (exact) mass is 400 g/mol. The Kier molecular flexibility index (Phi) is 7.92. The van der Waals surface area contributed by atoms with Gasteiger partial charge in [-0.15, -0.1) is 0 Å². The molecular formula is C23H36N4O2. The van der Waals surface area contributed by atoms with Crippen LogP contribution in [-0.4, -0.2) is 67.4 Å². The van der Waals surface area contributed by atoms with Gasteiger partial charge in [0.2, 0.25) is 11.8 Å². The molecule has 2 amide bonds. The lowest BCUT2D eigenvalue weighted by Gasteiger charge is -2.36. The molecule has 2 fully saturated rings. The average Bonchev–Trinajstić information content (AvgIpc) is 3.54. The molecule has 29 heavy (non-hydrogen) atoms. The Morgan fingerprint density at radius 2 is 1.79 bits per heavy atom. The third-order valence-corrected chi connectivity index (χ3v) is 5.99. The fourth-order valence-electron chi connectivity index (χ4n) is 3.99. The number of piperazine rings is 1. The van der Waals surface area contributed by atoms with Crippen LogP contribution in [0.15, 0.2) is 24.3 Å². The number of hydrogen-bond donors (Lipinski definition) is 1. The lowest BCUT2D eigenvalue weighted by Crippen LogP contribution is -2.47. The summed E-state index contributed by atoms with van der Waals surface area (Å²) in [7, 11) is 0. The van der Waals surface area contributed by atoms with E-state index in [4.69, 9.17) is 0 Å². The smallest absolute Gasteiger partial charge is 0.224 e. The topological polar surface area (TPSA) is 55.9 Å². The number of carbonyl (C=O) groups excluding carboxylic acids is 2. The minimum absolute atomic E-state index is 0.0243. The summed E-state index contributed by atoms with van der Waals surface area (Å²) < 4.78 is 0. The van der Waals surface area contributed by atoms with Gasteiger partial charge in [-0.05, 0) is 57.2 Å². The molecule has 0 bridgehead atoms. The predicted molar refractivity (Wildman–Crippen MR) is 118 cm³/mol. The van der Waals surface area contributed by atoms with Crippen LogP contribution in [0.5, 0.6) is 0 Å². The van der Waals surface area contributed by atoms with Crippen LogP contribution in [0, 0.1) is 5.92 Å². The van der Waals surface area contributed by atoms with E-state index < -0.39 is 0 Å². The third-order valence-electron chi connectivity index (χ3n) is 5.99. The Labute approximate surface area is 175 Å². The number of benzene rings is 1. The fraction of sp³-hybridized carbons (Fsp3) is 0.652. The van der Waals surface area contributed by atoms with E-state index in [9.17, 15) is 9.59 Å². The minimum Gasteiger partial charge on any atom is -0.369 e. The highest BCUT2D eigenvalue weighted by Gasteiger charge is 2.26. The highest BCUT2D eigenvalue weighted by Crippen LogP contribution is 2.30. The maximum Gasteiger partial charge on any atom is 0.224 e. The summed E-state index contributed by atoms with van der Waals surface area (Å²) in [6.07, 6.45) is 4.21. The Morgan fingerprint density at radius 1 is 1.07 bits per heavy atom. The molecule has 1 aromatic rings. The van der Waals surface area contributed by atoms with Gasteiger partial charge < -0.3 is 15.1 Å². The normalized spacial score (nSPS) is 17.2. The Balaban J connectivity index is 1.42. The van der Waals surface area contributed by atoms with Crippen LogP contribution in [0.4, 0.5) is 11.4 Å². The summed E-state index contributed by atoms with van der Waals surface area (Å²) in [5.74, 6) is 1.05. The maximum absolute atomic E-state index is 12.3. The molecule has 1 saturated carbocycles. The molecule has 0 aromatic heterocycles. The predicted octanol–water partition coefficient (Wildman–Crippen LogP) is 3.20. The van der Waals surface area contributed by atoms with Gasteiger partial charge >= 0.3 is 0 Å². The van der Waals surface area contributed by atoms with Gasteiger partial charge in [-0.25, -0.2) is 0 Å². The number of anilines is 2. The lowest BCUT2D eigenvalue weighted by molar-refractivity contribution is -0.130. The van der Waals surface area contributed by atoms with Crippen molar-refractivity contribution in [3.05, 3.63) is 24.3 Å². The molecule has 0 spiro atoms. The minimum atomic E-state index is -0.0243. The van der Waals surface area contributed by atoms with Gasteiger partial charge in [0, 0.05) is 70.0 Å². The SMILES string of the molecule is CCN(CC)C(=O)CCCC(=O)Nc1cccc(N2CCN(CC3CC3)CC2)c1. The molecule has 0 unspecified atom stereocenters. The molecule has 0 radical (unpaired) electrons. The van der Waals surface area contributed by atoms with Crippen molar-refractivity contribution in [1.29, 1.82) is 0 Å². The molecular weight excluding hydrogens is 364 g/mol. The quantitative estimate of drug-likeness (QED) is 0.655. The zero-order valence-corrected chi connectivity index (χ0v) is 18.0. The molecule has 1 N–H and O–H groups in total. The molecule has 160 valence electrons. The molecule has 1 aliphatic carbocycles. The van der Waals surface area contributed by atoms with Crippen LogP contribution in [0.25, 0.3) is 0 Å². The number of hydrogen-bond acceptors (Lipinski definition) is 4. The van der Waals surface area contributed by atoms with Gasteiger partial charge in [0.25, 0.3) is 0 Å². The van der Waals surface area contributed by atoms with E-state index in [0.717, 1.165) is 50.9 Å². The van der Waals surface area contributed by atoms with Crippen LogP contribution in [0.3, 0.4) is 0 Å². The fourth-order valence-corrected chi connectivity index (χ4v) is 3.99. The Morgan fingerprint density at radius 3 is 2.45 bits per heavy atom. The van der Waals surface area contributed by atoms with Crippen LogP contribution in [0.2, 0.25) is 0 Å². The van der Waals surface area contributed by atoms with Gasteiger partial charge in [0.05, 0.1) is 0 Å². The highest BCUT2D eigenvalue weighted by atomic mass is 16.2. The lowest BCUT2D eigenvalue weighted by atomic mass is 10.2. The second-order valence-electron chi connectivity index (χ2n) is 8.25. The Bertz CT molecular complexity index is 677. The molecule has 0 atom stereocenters. The van der Waals surface area contributed by atoms with Crippen molar-refractivity contribution in [1.82, 2.24) is 9.80 Å². The first-order chi connectivity index (χ1) is 14.1. The molecule has 3 rings (SSSR count). The second kappa shape index (κ2) is 10.6. The molecule has 1 aliphatic heterocycles. The zero-order chi connectivity index (χ0) is 20.6. The first-order valence-electron chi connectivity index (χ1n) is 11.2. The number of carbonyl (C=O) groups is 2. The molecule has 1 heterocycles. The summed E-state index contributed by atoms with van der Waals surface area (Å²) in [4.78, 5) is 31.1. The molecule has 2 aliphatic rings. The van der Waals surface area contributed by atoms with Crippen LogP contribution >= 0.6 is 0 Å². The van der Waals surface area contributed by atoms with Crippen LogP contribution in [-0.2, 0) is 9.59 Å². The van der Waals surface area contributed by atoms with Crippen molar-refractivity contribution >= 4 is 23.2 Å². The molecule has 1 aromatic carbocycles. The standard InChI is InChI=1S/C23H36N4O2/c1-3-26(4-2)23(29)10-6-9-22(28)24-20-7-5-8-21(17-20)27-15-13-25(14-16-27)18-19-11-12-19/h5,7-8,17,19H,3-4,6,9-16,18H2,1-2H3,(H,24,28). The van der Waals surface area contributed by atoms with Gasteiger partial charge in [0.15, 0.2) is 0 Å². The molecule has 6 nitrogen and oxygen atoms in total.